The first-order valence-electron chi connectivity index (χ1n) is 12.2. The third-order valence-electron chi connectivity index (χ3n) is 6.39. The summed E-state index contributed by atoms with van der Waals surface area (Å²) in [6.07, 6.45) is -0.0842. The summed E-state index contributed by atoms with van der Waals surface area (Å²) in [6, 6.07) is 15.4. The number of nitriles is 1. The van der Waals surface area contributed by atoms with Crippen molar-refractivity contribution < 1.29 is 23.4 Å². The van der Waals surface area contributed by atoms with E-state index in [0.717, 1.165) is 5.76 Å². The zero-order chi connectivity index (χ0) is 27.5. The Bertz CT molecular complexity index is 1490. The lowest BCUT2D eigenvalue weighted by atomic mass is 10.1. The predicted octanol–water partition coefficient (Wildman–Crippen LogP) is 4.56. The van der Waals surface area contributed by atoms with Crippen LogP contribution in [0.15, 0.2) is 52.9 Å². The Balaban J connectivity index is 1.45. The summed E-state index contributed by atoms with van der Waals surface area (Å²) in [7, 11) is 3.15. The van der Waals surface area contributed by atoms with Crippen molar-refractivity contribution in [2.45, 2.75) is 24.7 Å². The number of ether oxygens (including phenoxy) is 2. The van der Waals surface area contributed by atoms with Crippen molar-refractivity contribution in [2.75, 3.05) is 36.9 Å². The van der Waals surface area contributed by atoms with E-state index in [0.29, 0.717) is 59.9 Å². The molecule has 2 aromatic heterocycles. The second-order valence-corrected chi connectivity index (χ2v) is 10.1. The number of anilines is 2. The Morgan fingerprint density at radius 2 is 1.90 bits per heavy atom. The van der Waals surface area contributed by atoms with E-state index >= 15 is 0 Å². The molecule has 4 aromatic rings. The third kappa shape index (κ3) is 5.36. The number of methoxy groups -OCH3 is 2. The number of aryl methyl sites for hydroxylation is 1. The molecule has 0 radical (unpaired) electrons. The van der Waals surface area contributed by atoms with Crippen molar-refractivity contribution in [1.29, 1.82) is 5.26 Å². The lowest BCUT2D eigenvalue weighted by Crippen LogP contribution is -2.45. The lowest BCUT2D eigenvalue weighted by Gasteiger charge is -2.36. The molecule has 1 saturated heterocycles. The van der Waals surface area contributed by atoms with Gasteiger partial charge in [0.2, 0.25) is 11.8 Å². The number of hydrogen-bond acceptors (Lipinski definition) is 10. The number of furan rings is 1. The molecule has 1 aliphatic rings. The fourth-order valence-corrected chi connectivity index (χ4v) is 5.56. The predicted molar refractivity (Wildman–Crippen MR) is 146 cm³/mol. The van der Waals surface area contributed by atoms with Crippen molar-refractivity contribution in [3.63, 3.8) is 0 Å². The number of halogens is 1. The zero-order valence-electron chi connectivity index (χ0n) is 21.6. The van der Waals surface area contributed by atoms with E-state index < -0.39 is 11.9 Å². The molecular weight excluding hydrogens is 523 g/mol. The van der Waals surface area contributed by atoms with E-state index in [-0.39, 0.29) is 10.8 Å². The number of para-hydroxylation sites is 1. The van der Waals surface area contributed by atoms with E-state index in [2.05, 4.69) is 14.9 Å². The summed E-state index contributed by atoms with van der Waals surface area (Å²) in [6.45, 7) is 2.79. The molecule has 0 saturated carbocycles. The van der Waals surface area contributed by atoms with E-state index in [1.54, 1.807) is 24.9 Å². The number of aliphatic hydroxyl groups excluding tert-OH is 1. The maximum absolute atomic E-state index is 13.9. The van der Waals surface area contributed by atoms with Gasteiger partial charge >= 0.3 is 0 Å². The van der Waals surface area contributed by atoms with Gasteiger partial charge in [-0.25, -0.2) is 4.39 Å². The number of benzene rings is 2. The highest BCUT2D eigenvalue weighted by atomic mass is 32.2. The van der Waals surface area contributed by atoms with Crippen LogP contribution < -0.4 is 19.1 Å². The molecule has 202 valence electrons. The monoisotopic (exact) mass is 550 g/mol. The maximum Gasteiger partial charge on any atom is 0.239 e. The summed E-state index contributed by atoms with van der Waals surface area (Å²) in [4.78, 5) is 1.94. The molecule has 2 atom stereocenters. The Hall–Kier alpha value is -4.21. The first kappa shape index (κ1) is 26.4. The topological polar surface area (TPSA) is 122 Å². The zero-order valence-corrected chi connectivity index (χ0v) is 22.4. The molecule has 5 rings (SSSR count). The molecule has 0 bridgehead atoms. The summed E-state index contributed by atoms with van der Waals surface area (Å²) >= 11 is 1.39. The molecule has 2 unspecified atom stereocenters. The van der Waals surface area contributed by atoms with Gasteiger partial charge in [0.1, 0.15) is 34.8 Å². The Morgan fingerprint density at radius 3 is 2.56 bits per heavy atom. The van der Waals surface area contributed by atoms with E-state index in [1.807, 2.05) is 48.2 Å². The quantitative estimate of drug-likeness (QED) is 0.302. The molecule has 39 heavy (non-hydrogen) atoms. The first-order chi connectivity index (χ1) is 18.9. The molecule has 2 aromatic carbocycles. The van der Waals surface area contributed by atoms with Crippen LogP contribution in [0.3, 0.4) is 0 Å². The molecule has 3 heterocycles. The van der Waals surface area contributed by atoms with Crippen LogP contribution in [0.5, 0.6) is 11.5 Å². The average Bonchev–Trinajstić information content (AvgIpc) is 3.57. The average molecular weight is 551 g/mol. The van der Waals surface area contributed by atoms with Crippen LogP contribution >= 0.6 is 11.9 Å². The van der Waals surface area contributed by atoms with Crippen LogP contribution in [-0.4, -0.2) is 58.5 Å². The minimum atomic E-state index is -0.609. The van der Waals surface area contributed by atoms with Gasteiger partial charge in [0, 0.05) is 24.0 Å². The van der Waals surface area contributed by atoms with Crippen LogP contribution in [0.1, 0.15) is 17.7 Å². The van der Waals surface area contributed by atoms with E-state index in [4.69, 9.17) is 13.9 Å². The van der Waals surface area contributed by atoms with Crippen molar-refractivity contribution in [1.82, 2.24) is 14.8 Å². The van der Waals surface area contributed by atoms with Crippen LogP contribution in [0.2, 0.25) is 0 Å². The highest BCUT2D eigenvalue weighted by Gasteiger charge is 2.29. The summed E-state index contributed by atoms with van der Waals surface area (Å²) in [5.74, 6) is 2.65. The van der Waals surface area contributed by atoms with E-state index in [9.17, 15) is 14.8 Å². The molecular formula is C27H27FN6O4S. The number of hydrogen-bond donors (Lipinski definition) is 2. The highest BCUT2D eigenvalue weighted by Crippen LogP contribution is 2.39. The van der Waals surface area contributed by atoms with Crippen LogP contribution in [0.4, 0.5) is 16.0 Å². The second kappa shape index (κ2) is 11.3. The summed E-state index contributed by atoms with van der Waals surface area (Å²) in [5.41, 5.74) is 1.24. The summed E-state index contributed by atoms with van der Waals surface area (Å²) in [5, 5.41) is 28.6. The van der Waals surface area contributed by atoms with Gasteiger partial charge in [-0.3, -0.25) is 9.29 Å². The molecule has 1 fully saturated rings. The van der Waals surface area contributed by atoms with Gasteiger partial charge in [0.05, 0.1) is 25.9 Å². The van der Waals surface area contributed by atoms with Crippen LogP contribution in [-0.2, 0) is 0 Å². The largest absolute Gasteiger partial charge is 0.494 e. The van der Waals surface area contributed by atoms with Crippen molar-refractivity contribution >= 4 is 23.6 Å². The fraction of sp³-hybridized carbons (Fsp3) is 0.296. The second-order valence-electron chi connectivity index (χ2n) is 9.02. The highest BCUT2D eigenvalue weighted by molar-refractivity contribution is 8.01. The number of rotatable bonds is 8. The smallest absolute Gasteiger partial charge is 0.239 e. The lowest BCUT2D eigenvalue weighted by molar-refractivity contribution is 0.156. The molecule has 12 heteroatoms. The molecule has 2 N–H and O–H groups in total. The number of β-amino-alcohol motifs (C(OH)–C–C–N with tert-alkyl or cyclic N) is 1. The SMILES string of the molecule is COc1cccc(OC)c1-n1c(NSC2CC(O)CN(c3ccc(F)c(C#N)c3)C2)nnc1-c1ccc(C)o1. The minimum absolute atomic E-state index is 0.0329. The minimum Gasteiger partial charge on any atom is -0.494 e. The van der Waals surface area contributed by atoms with Gasteiger partial charge in [-0.1, -0.05) is 6.07 Å². The normalized spacial score (nSPS) is 17.1. The Kier molecular flexibility index (Phi) is 7.63. The van der Waals surface area contributed by atoms with Gasteiger partial charge < -0.3 is 23.9 Å². The molecule has 0 spiro atoms. The Morgan fingerprint density at radius 1 is 1.13 bits per heavy atom. The fourth-order valence-electron chi connectivity index (χ4n) is 4.58. The third-order valence-corrected chi connectivity index (χ3v) is 7.37. The molecule has 1 aliphatic heterocycles. The van der Waals surface area contributed by atoms with Crippen molar-refractivity contribution in [2.24, 2.45) is 0 Å². The van der Waals surface area contributed by atoms with Crippen molar-refractivity contribution in [3.05, 3.63) is 65.7 Å². The van der Waals surface area contributed by atoms with E-state index in [1.165, 1.54) is 24.1 Å². The number of nitrogens with one attached hydrogen (secondary N) is 1. The molecule has 10 nitrogen and oxygen atoms in total. The maximum atomic E-state index is 13.9. The number of aromatic nitrogens is 3. The van der Waals surface area contributed by atoms with Crippen LogP contribution in [0, 0.1) is 24.1 Å². The molecule has 0 amide bonds. The van der Waals surface area contributed by atoms with Gasteiger partial charge in [-0.05, 0) is 67.8 Å². The number of aliphatic hydroxyl groups is 1. The summed E-state index contributed by atoms with van der Waals surface area (Å²) < 4.78 is 36.1. The van der Waals surface area contributed by atoms with Gasteiger partial charge in [-0.2, -0.15) is 5.26 Å². The Labute approximate surface area is 229 Å². The van der Waals surface area contributed by atoms with Crippen molar-refractivity contribution in [3.8, 4) is 34.8 Å². The van der Waals surface area contributed by atoms with Gasteiger partial charge in [-0.15, -0.1) is 10.2 Å². The molecule has 0 aliphatic carbocycles. The van der Waals surface area contributed by atoms with Crippen LogP contribution in [0.25, 0.3) is 17.3 Å². The number of nitrogens with zero attached hydrogens (tertiary/aromatic N) is 5. The number of piperidine rings is 1. The van der Waals surface area contributed by atoms with Gasteiger partial charge in [0.15, 0.2) is 5.76 Å². The standard InChI is InChI=1S/C27H27FN6O4S/c1-16-7-10-24(38-16)26-30-31-27(34(26)25-22(36-2)5-4-6-23(25)37-3)32-39-20-12-19(35)14-33(15-20)18-8-9-21(28)17(11-18)13-29/h4-11,19-20,35H,12,14-15H2,1-3H3,(H,31,32). The van der Waals surface area contributed by atoms with Gasteiger partial charge in [0.25, 0.3) is 0 Å². The first-order valence-corrected chi connectivity index (χ1v) is 13.1.